The van der Waals surface area contributed by atoms with Crippen molar-refractivity contribution in [3.63, 3.8) is 0 Å². The van der Waals surface area contributed by atoms with Crippen LogP contribution >= 0.6 is 0 Å². The summed E-state index contributed by atoms with van der Waals surface area (Å²) in [6.45, 7) is 9.08. The molecule has 0 aliphatic rings. The Hall–Kier alpha value is -2.69. The molecule has 2 rings (SSSR count). The third kappa shape index (κ3) is 4.24. The fourth-order valence-corrected chi connectivity index (χ4v) is 2.75. The van der Waals surface area contributed by atoms with Crippen LogP contribution in [0.2, 0.25) is 0 Å². The topological polar surface area (TPSA) is 62.3 Å². The van der Waals surface area contributed by atoms with E-state index in [1.165, 1.54) is 6.20 Å². The molecule has 1 heterocycles. The molecule has 0 aliphatic heterocycles. The summed E-state index contributed by atoms with van der Waals surface area (Å²) >= 11 is 0. The largest absolute Gasteiger partial charge is 0.338 e. The fourth-order valence-electron chi connectivity index (χ4n) is 2.75. The van der Waals surface area contributed by atoms with Gasteiger partial charge in [-0.15, -0.1) is 0 Å². The van der Waals surface area contributed by atoms with E-state index in [1.807, 2.05) is 39.0 Å². The van der Waals surface area contributed by atoms with Gasteiger partial charge in [0.25, 0.3) is 11.8 Å². The summed E-state index contributed by atoms with van der Waals surface area (Å²) in [4.78, 5) is 30.9. The average Bonchev–Trinajstić information content (AvgIpc) is 2.64. The zero-order chi connectivity index (χ0) is 18.4. The average molecular weight is 339 g/mol. The highest BCUT2D eigenvalue weighted by atomic mass is 16.2. The second-order valence-corrected chi connectivity index (χ2v) is 5.82. The summed E-state index contributed by atoms with van der Waals surface area (Å²) in [5.41, 5.74) is 3.65. The van der Waals surface area contributed by atoms with Gasteiger partial charge in [-0.3, -0.25) is 14.6 Å². The van der Waals surface area contributed by atoms with Gasteiger partial charge in [0.15, 0.2) is 0 Å². The minimum atomic E-state index is -0.236. The molecule has 2 aromatic rings. The van der Waals surface area contributed by atoms with Gasteiger partial charge >= 0.3 is 0 Å². The van der Waals surface area contributed by atoms with E-state index >= 15 is 0 Å². The van der Waals surface area contributed by atoms with Crippen LogP contribution in [0.5, 0.6) is 0 Å². The molecule has 5 nitrogen and oxygen atoms in total. The van der Waals surface area contributed by atoms with Gasteiger partial charge in [0.05, 0.1) is 0 Å². The normalized spacial score (nSPS) is 10.4. The van der Waals surface area contributed by atoms with E-state index in [0.717, 1.165) is 23.2 Å². The lowest BCUT2D eigenvalue weighted by Gasteiger charge is -2.18. The number of carbonyl (C=O) groups excluding carboxylic acids is 2. The maximum atomic E-state index is 12.7. The number of rotatable bonds is 6. The Morgan fingerprint density at radius 1 is 1.12 bits per heavy atom. The second-order valence-electron chi connectivity index (χ2n) is 5.82. The molecule has 25 heavy (non-hydrogen) atoms. The molecule has 0 fully saturated rings. The molecule has 0 atom stereocenters. The summed E-state index contributed by atoms with van der Waals surface area (Å²) in [7, 11) is 0. The van der Waals surface area contributed by atoms with Gasteiger partial charge in [-0.1, -0.05) is 25.1 Å². The number of nitrogens with one attached hydrogen (secondary N) is 1. The first-order chi connectivity index (χ1) is 12.0. The molecular formula is C20H25N3O2. The van der Waals surface area contributed by atoms with Crippen molar-refractivity contribution >= 4 is 17.5 Å². The van der Waals surface area contributed by atoms with Crippen molar-refractivity contribution < 1.29 is 9.59 Å². The molecule has 132 valence electrons. The molecule has 0 unspecified atom stereocenters. The number of benzene rings is 1. The summed E-state index contributed by atoms with van der Waals surface area (Å²) in [5, 5.41) is 2.98. The molecule has 0 bridgehead atoms. The highest BCUT2D eigenvalue weighted by molar-refractivity contribution is 6.06. The first-order valence-electron chi connectivity index (χ1n) is 8.66. The minimum Gasteiger partial charge on any atom is -0.338 e. The molecule has 1 N–H and O–H groups in total. The number of hydrogen-bond acceptors (Lipinski definition) is 3. The number of anilines is 1. The van der Waals surface area contributed by atoms with Crippen molar-refractivity contribution in [1.82, 2.24) is 9.88 Å². The molecule has 0 radical (unpaired) electrons. The van der Waals surface area contributed by atoms with Gasteiger partial charge in [0.1, 0.15) is 5.69 Å². The van der Waals surface area contributed by atoms with Crippen LogP contribution in [0.1, 0.15) is 52.7 Å². The SMILES string of the molecule is CCc1cccc(C)c1NC(=O)c1ccnc(C(=O)N(CC)CC)c1. The zero-order valence-corrected chi connectivity index (χ0v) is 15.3. The second kappa shape index (κ2) is 8.42. The van der Waals surface area contributed by atoms with E-state index in [-0.39, 0.29) is 17.5 Å². The standard InChI is InChI=1S/C20H25N3O2/c1-5-15-10-8-9-14(4)18(15)22-19(24)16-11-12-21-17(13-16)20(25)23(6-2)7-3/h8-13H,5-7H2,1-4H3,(H,22,24). The first kappa shape index (κ1) is 18.6. The van der Waals surface area contributed by atoms with E-state index < -0.39 is 0 Å². The molecule has 0 aliphatic carbocycles. The van der Waals surface area contributed by atoms with Gasteiger partial charge in [-0.25, -0.2) is 0 Å². The van der Waals surface area contributed by atoms with Crippen LogP contribution < -0.4 is 5.32 Å². The molecule has 1 aromatic heterocycles. The van der Waals surface area contributed by atoms with Crippen molar-refractivity contribution in [3.8, 4) is 0 Å². The Labute approximate surface area is 149 Å². The van der Waals surface area contributed by atoms with Gasteiger partial charge in [0.2, 0.25) is 0 Å². The number of nitrogens with zero attached hydrogens (tertiary/aromatic N) is 2. The van der Waals surface area contributed by atoms with Gasteiger partial charge < -0.3 is 10.2 Å². The van der Waals surface area contributed by atoms with E-state index in [4.69, 9.17) is 0 Å². The van der Waals surface area contributed by atoms with E-state index in [1.54, 1.807) is 17.0 Å². The van der Waals surface area contributed by atoms with E-state index in [0.29, 0.717) is 18.7 Å². The maximum Gasteiger partial charge on any atom is 0.272 e. The Morgan fingerprint density at radius 3 is 2.48 bits per heavy atom. The van der Waals surface area contributed by atoms with Gasteiger partial charge in [-0.2, -0.15) is 0 Å². The third-order valence-corrected chi connectivity index (χ3v) is 4.27. The molecule has 5 heteroatoms. The lowest BCUT2D eigenvalue weighted by molar-refractivity contribution is 0.0767. The quantitative estimate of drug-likeness (QED) is 0.873. The number of carbonyl (C=O) groups is 2. The summed E-state index contributed by atoms with van der Waals surface area (Å²) in [5.74, 6) is -0.398. The van der Waals surface area contributed by atoms with Gasteiger partial charge in [-0.05, 0) is 50.5 Å². The molecule has 2 amide bonds. The van der Waals surface area contributed by atoms with Crippen LogP contribution in [0.25, 0.3) is 0 Å². The maximum absolute atomic E-state index is 12.7. The van der Waals surface area contributed by atoms with Gasteiger partial charge in [0, 0.05) is 30.5 Å². The Balaban J connectivity index is 2.27. The molecule has 1 aromatic carbocycles. The molecular weight excluding hydrogens is 314 g/mol. The predicted molar refractivity (Wildman–Crippen MR) is 100.0 cm³/mol. The summed E-state index contributed by atoms with van der Waals surface area (Å²) in [6, 6.07) is 9.14. The van der Waals surface area contributed by atoms with Crippen molar-refractivity contribution in [3.05, 3.63) is 58.9 Å². The first-order valence-corrected chi connectivity index (χ1v) is 8.66. The fraction of sp³-hybridized carbons (Fsp3) is 0.350. The Morgan fingerprint density at radius 2 is 1.84 bits per heavy atom. The molecule has 0 saturated heterocycles. The zero-order valence-electron chi connectivity index (χ0n) is 15.3. The van der Waals surface area contributed by atoms with Crippen LogP contribution in [0.3, 0.4) is 0 Å². The van der Waals surface area contributed by atoms with Crippen LogP contribution in [0.4, 0.5) is 5.69 Å². The van der Waals surface area contributed by atoms with Crippen LogP contribution in [0, 0.1) is 6.92 Å². The number of amides is 2. The van der Waals surface area contributed by atoms with E-state index in [9.17, 15) is 9.59 Å². The third-order valence-electron chi connectivity index (χ3n) is 4.27. The van der Waals surface area contributed by atoms with Crippen LogP contribution in [-0.4, -0.2) is 34.8 Å². The number of aromatic nitrogens is 1. The number of hydrogen-bond donors (Lipinski definition) is 1. The number of aryl methyl sites for hydroxylation is 2. The van der Waals surface area contributed by atoms with Crippen LogP contribution in [-0.2, 0) is 6.42 Å². The summed E-state index contributed by atoms with van der Waals surface area (Å²) < 4.78 is 0. The lowest BCUT2D eigenvalue weighted by Crippen LogP contribution is -2.31. The molecule has 0 saturated carbocycles. The smallest absolute Gasteiger partial charge is 0.272 e. The van der Waals surface area contributed by atoms with Crippen molar-refractivity contribution in [1.29, 1.82) is 0 Å². The summed E-state index contributed by atoms with van der Waals surface area (Å²) in [6.07, 6.45) is 2.34. The Kier molecular flexibility index (Phi) is 6.28. The number of pyridine rings is 1. The number of para-hydroxylation sites is 1. The van der Waals surface area contributed by atoms with E-state index in [2.05, 4.69) is 17.2 Å². The van der Waals surface area contributed by atoms with Crippen LogP contribution in [0.15, 0.2) is 36.5 Å². The lowest BCUT2D eigenvalue weighted by atomic mass is 10.1. The highest BCUT2D eigenvalue weighted by Crippen LogP contribution is 2.22. The highest BCUT2D eigenvalue weighted by Gasteiger charge is 2.17. The van der Waals surface area contributed by atoms with Crippen molar-refractivity contribution in [2.45, 2.75) is 34.1 Å². The van der Waals surface area contributed by atoms with Crippen molar-refractivity contribution in [2.24, 2.45) is 0 Å². The predicted octanol–water partition coefficient (Wildman–Crippen LogP) is 3.69. The minimum absolute atomic E-state index is 0.162. The molecule has 0 spiro atoms. The monoisotopic (exact) mass is 339 g/mol. The van der Waals surface area contributed by atoms with Crippen molar-refractivity contribution in [2.75, 3.05) is 18.4 Å². The Bertz CT molecular complexity index is 767.